The molecular weight excluding hydrogens is 553 g/mol. The molecule has 0 aliphatic carbocycles. The van der Waals surface area contributed by atoms with E-state index in [0.717, 1.165) is 21.7 Å². The first-order chi connectivity index (χ1) is 18.6. The zero-order valence-electron chi connectivity index (χ0n) is 23.3. The Balaban J connectivity index is 2.08. The van der Waals surface area contributed by atoms with Crippen LogP contribution in [0, 0.1) is 12.7 Å². The summed E-state index contributed by atoms with van der Waals surface area (Å²) in [6.07, 6.45) is 1.19. The minimum Gasteiger partial charge on any atom is -0.350 e. The summed E-state index contributed by atoms with van der Waals surface area (Å²) in [5.74, 6) is -1.43. The molecule has 7 nitrogen and oxygen atoms in total. The Kier molecular flexibility index (Phi) is 9.97. The summed E-state index contributed by atoms with van der Waals surface area (Å²) in [5, 5.41) is 3.31. The summed E-state index contributed by atoms with van der Waals surface area (Å²) >= 11 is 6.27. The second-order valence-electron chi connectivity index (χ2n) is 10.8. The van der Waals surface area contributed by atoms with Crippen LogP contribution in [0.15, 0.2) is 72.8 Å². The minimum absolute atomic E-state index is 0.0412. The van der Waals surface area contributed by atoms with Crippen LogP contribution in [0.2, 0.25) is 5.02 Å². The van der Waals surface area contributed by atoms with Crippen molar-refractivity contribution in [2.24, 2.45) is 0 Å². The molecule has 214 valence electrons. The number of rotatable bonds is 10. The highest BCUT2D eigenvalue weighted by Crippen LogP contribution is 2.26. The smallest absolute Gasteiger partial charge is 0.244 e. The molecule has 0 heterocycles. The lowest BCUT2D eigenvalue weighted by Crippen LogP contribution is -2.56. The van der Waals surface area contributed by atoms with Gasteiger partial charge < -0.3 is 10.2 Å². The summed E-state index contributed by atoms with van der Waals surface area (Å²) in [5.41, 5.74) is 1.80. The molecule has 0 saturated carbocycles. The normalized spacial score (nSPS) is 12.5. The van der Waals surface area contributed by atoms with Gasteiger partial charge in [0.1, 0.15) is 18.4 Å². The van der Waals surface area contributed by atoms with Crippen molar-refractivity contribution in [3.63, 3.8) is 0 Å². The van der Waals surface area contributed by atoms with Gasteiger partial charge in [0, 0.05) is 23.5 Å². The lowest BCUT2D eigenvalue weighted by molar-refractivity contribution is -0.140. The molecule has 0 aromatic heterocycles. The van der Waals surface area contributed by atoms with Crippen molar-refractivity contribution in [3.8, 4) is 0 Å². The summed E-state index contributed by atoms with van der Waals surface area (Å²) < 4.78 is 40.3. The first-order valence-corrected chi connectivity index (χ1v) is 15.0. The number of sulfonamides is 1. The maximum atomic E-state index is 14.0. The lowest BCUT2D eigenvalue weighted by Gasteiger charge is -2.35. The summed E-state index contributed by atoms with van der Waals surface area (Å²) in [4.78, 5) is 29.1. The summed E-state index contributed by atoms with van der Waals surface area (Å²) in [6, 6.07) is 18.6. The molecule has 0 radical (unpaired) electrons. The standard InChI is InChI=1S/C30H35ClFN3O4S/c1-21-11-16-25(18-26(21)31)35(40(5,38)39)20-28(36)34(19-23-12-14-24(32)15-13-23)27(29(37)33-30(2,3)4)17-22-9-7-6-8-10-22/h6-16,18,27H,17,19-20H2,1-5H3,(H,33,37)/t27-/m1/s1. The maximum absolute atomic E-state index is 14.0. The largest absolute Gasteiger partial charge is 0.350 e. The van der Waals surface area contributed by atoms with Gasteiger partial charge in [-0.1, -0.05) is 60.1 Å². The molecule has 10 heteroatoms. The first-order valence-electron chi connectivity index (χ1n) is 12.8. The van der Waals surface area contributed by atoms with E-state index in [0.29, 0.717) is 10.6 Å². The second-order valence-corrected chi connectivity index (χ2v) is 13.1. The molecule has 3 aromatic rings. The SMILES string of the molecule is Cc1ccc(N(CC(=O)N(Cc2ccc(F)cc2)[C@H](Cc2ccccc2)C(=O)NC(C)(C)C)S(C)(=O)=O)cc1Cl. The van der Waals surface area contributed by atoms with Gasteiger partial charge in [-0.25, -0.2) is 12.8 Å². The van der Waals surface area contributed by atoms with E-state index in [2.05, 4.69) is 5.32 Å². The molecule has 0 aliphatic rings. The molecule has 3 aromatic carbocycles. The number of nitrogens with one attached hydrogen (secondary N) is 1. The lowest BCUT2D eigenvalue weighted by atomic mass is 10.0. The van der Waals surface area contributed by atoms with Crippen molar-refractivity contribution in [3.05, 3.63) is 100 Å². The van der Waals surface area contributed by atoms with Crippen molar-refractivity contribution < 1.29 is 22.4 Å². The Labute approximate surface area is 241 Å². The third-order valence-corrected chi connectivity index (χ3v) is 7.71. The van der Waals surface area contributed by atoms with E-state index in [1.165, 1.54) is 35.2 Å². The number of hydrogen-bond donors (Lipinski definition) is 1. The fourth-order valence-corrected chi connectivity index (χ4v) is 5.16. The van der Waals surface area contributed by atoms with Gasteiger partial charge in [0.2, 0.25) is 21.8 Å². The predicted molar refractivity (Wildman–Crippen MR) is 157 cm³/mol. The zero-order valence-corrected chi connectivity index (χ0v) is 24.9. The van der Waals surface area contributed by atoms with Crippen molar-refractivity contribution in [1.82, 2.24) is 10.2 Å². The predicted octanol–water partition coefficient (Wildman–Crippen LogP) is 5.11. The third kappa shape index (κ3) is 8.79. The molecule has 3 rings (SSSR count). The number of nitrogens with zero attached hydrogens (tertiary/aromatic N) is 2. The number of anilines is 1. The molecular formula is C30H35ClFN3O4S. The van der Waals surface area contributed by atoms with Crippen molar-refractivity contribution in [2.45, 2.75) is 52.2 Å². The average molecular weight is 588 g/mol. The number of carbonyl (C=O) groups is 2. The van der Waals surface area contributed by atoms with Crippen LogP contribution >= 0.6 is 11.6 Å². The number of amides is 2. The summed E-state index contributed by atoms with van der Waals surface area (Å²) in [7, 11) is -3.91. The van der Waals surface area contributed by atoms with Gasteiger partial charge in [-0.2, -0.15) is 0 Å². The van der Waals surface area contributed by atoms with Gasteiger partial charge in [-0.3, -0.25) is 13.9 Å². The Hall–Kier alpha value is -3.43. The minimum atomic E-state index is -3.91. The van der Waals surface area contributed by atoms with Crippen LogP contribution < -0.4 is 9.62 Å². The molecule has 0 aliphatic heterocycles. The van der Waals surface area contributed by atoms with Crippen molar-refractivity contribution >= 4 is 39.1 Å². The van der Waals surface area contributed by atoms with E-state index in [1.807, 2.05) is 51.1 Å². The van der Waals surface area contributed by atoms with E-state index in [-0.39, 0.29) is 18.7 Å². The third-order valence-electron chi connectivity index (χ3n) is 6.16. The van der Waals surface area contributed by atoms with Gasteiger partial charge >= 0.3 is 0 Å². The molecule has 0 bridgehead atoms. The zero-order chi connectivity index (χ0) is 29.7. The van der Waals surface area contributed by atoms with Crippen molar-refractivity contribution in [2.75, 3.05) is 17.1 Å². The van der Waals surface area contributed by atoms with E-state index in [9.17, 15) is 22.4 Å². The molecule has 40 heavy (non-hydrogen) atoms. The Bertz CT molecular complexity index is 1440. The van der Waals surface area contributed by atoms with Crippen LogP contribution in [0.1, 0.15) is 37.5 Å². The summed E-state index contributed by atoms with van der Waals surface area (Å²) in [6.45, 7) is 6.69. The van der Waals surface area contributed by atoms with Gasteiger partial charge in [0.05, 0.1) is 11.9 Å². The van der Waals surface area contributed by atoms with Crippen LogP contribution in [-0.4, -0.2) is 49.5 Å². The number of benzene rings is 3. The van der Waals surface area contributed by atoms with Gasteiger partial charge in [0.15, 0.2) is 0 Å². The van der Waals surface area contributed by atoms with Crippen LogP contribution in [0.25, 0.3) is 0 Å². The molecule has 0 unspecified atom stereocenters. The molecule has 0 fully saturated rings. The van der Waals surface area contributed by atoms with Crippen LogP contribution in [-0.2, 0) is 32.6 Å². The molecule has 1 atom stereocenters. The Morgan fingerprint density at radius 2 is 1.60 bits per heavy atom. The molecule has 1 N–H and O–H groups in total. The first kappa shape index (κ1) is 31.1. The highest BCUT2D eigenvalue weighted by Gasteiger charge is 2.34. The van der Waals surface area contributed by atoms with Gasteiger partial charge in [-0.05, 0) is 68.7 Å². The molecule has 0 spiro atoms. The maximum Gasteiger partial charge on any atom is 0.244 e. The van der Waals surface area contributed by atoms with E-state index < -0.39 is 45.8 Å². The Morgan fingerprint density at radius 1 is 0.975 bits per heavy atom. The van der Waals surface area contributed by atoms with Crippen LogP contribution in [0.4, 0.5) is 10.1 Å². The highest BCUT2D eigenvalue weighted by molar-refractivity contribution is 7.92. The Morgan fingerprint density at radius 3 is 2.15 bits per heavy atom. The highest BCUT2D eigenvalue weighted by atomic mass is 35.5. The average Bonchev–Trinajstić information content (AvgIpc) is 2.86. The number of carbonyl (C=O) groups excluding carboxylic acids is 2. The van der Waals surface area contributed by atoms with Gasteiger partial charge in [-0.15, -0.1) is 0 Å². The van der Waals surface area contributed by atoms with Gasteiger partial charge in [0.25, 0.3) is 0 Å². The van der Waals surface area contributed by atoms with E-state index in [1.54, 1.807) is 19.1 Å². The number of hydrogen-bond acceptors (Lipinski definition) is 4. The monoisotopic (exact) mass is 587 g/mol. The second kappa shape index (κ2) is 12.8. The van der Waals surface area contributed by atoms with E-state index in [4.69, 9.17) is 11.6 Å². The molecule has 0 saturated heterocycles. The fraction of sp³-hybridized carbons (Fsp3) is 0.333. The fourth-order valence-electron chi connectivity index (χ4n) is 4.14. The number of halogens is 2. The topological polar surface area (TPSA) is 86.8 Å². The number of aryl methyl sites for hydroxylation is 1. The van der Waals surface area contributed by atoms with E-state index >= 15 is 0 Å². The van der Waals surface area contributed by atoms with Crippen molar-refractivity contribution in [1.29, 1.82) is 0 Å². The van der Waals surface area contributed by atoms with Crippen LogP contribution in [0.3, 0.4) is 0 Å². The molecule has 2 amide bonds. The quantitative estimate of drug-likeness (QED) is 0.357. The van der Waals surface area contributed by atoms with Crippen LogP contribution in [0.5, 0.6) is 0 Å².